The van der Waals surface area contributed by atoms with Crippen LogP contribution in [0.3, 0.4) is 0 Å². The lowest BCUT2D eigenvalue weighted by atomic mass is 10.1. The van der Waals surface area contributed by atoms with Gasteiger partial charge in [-0.2, -0.15) is 0 Å². The van der Waals surface area contributed by atoms with Crippen molar-refractivity contribution in [2.45, 2.75) is 32.4 Å². The van der Waals surface area contributed by atoms with Gasteiger partial charge in [0.05, 0.1) is 0 Å². The number of aromatic nitrogens is 1. The fraction of sp³-hybridized carbons (Fsp3) is 0.636. The highest BCUT2D eigenvalue weighted by Gasteiger charge is 2.10. The number of piperidine rings is 1. The lowest BCUT2D eigenvalue weighted by Crippen LogP contribution is -2.28. The van der Waals surface area contributed by atoms with Crippen LogP contribution in [0.5, 0.6) is 0 Å². The summed E-state index contributed by atoms with van der Waals surface area (Å²) < 4.78 is 0. The lowest BCUT2D eigenvalue weighted by Gasteiger charge is -2.25. The van der Waals surface area contributed by atoms with E-state index in [9.17, 15) is 0 Å². The predicted octanol–water partition coefficient (Wildman–Crippen LogP) is 1.46. The minimum Gasteiger partial charge on any atom is -0.364 e. The number of hydrogen-bond donors (Lipinski definition) is 2. The molecule has 78 valence electrons. The standard InChI is InChI=1S/C11H19N3/c12-7-11-6-10(8-13-11)9-14-4-2-1-3-5-14/h6,8,13H,1-5,7,9,12H2. The molecule has 14 heavy (non-hydrogen) atoms. The summed E-state index contributed by atoms with van der Waals surface area (Å²) in [6.45, 7) is 4.20. The van der Waals surface area contributed by atoms with Crippen LogP contribution in [0.1, 0.15) is 30.5 Å². The minimum atomic E-state index is 0.611. The molecule has 3 N–H and O–H groups in total. The Morgan fingerprint density at radius 3 is 2.71 bits per heavy atom. The van der Waals surface area contributed by atoms with Gasteiger partial charge in [0.25, 0.3) is 0 Å². The minimum absolute atomic E-state index is 0.611. The predicted molar refractivity (Wildman–Crippen MR) is 57.8 cm³/mol. The summed E-state index contributed by atoms with van der Waals surface area (Å²) in [5.74, 6) is 0. The normalized spacial score (nSPS) is 18.6. The molecule has 1 fully saturated rings. The summed E-state index contributed by atoms with van der Waals surface area (Å²) in [6.07, 6.45) is 6.19. The number of hydrogen-bond acceptors (Lipinski definition) is 2. The third-order valence-electron chi connectivity index (χ3n) is 2.88. The second-order valence-electron chi connectivity index (χ2n) is 4.07. The fourth-order valence-corrected chi connectivity index (χ4v) is 2.08. The third kappa shape index (κ3) is 2.36. The second-order valence-corrected chi connectivity index (χ2v) is 4.07. The zero-order valence-electron chi connectivity index (χ0n) is 8.63. The van der Waals surface area contributed by atoms with Crippen molar-refractivity contribution in [2.75, 3.05) is 13.1 Å². The van der Waals surface area contributed by atoms with Gasteiger partial charge in [-0.05, 0) is 37.6 Å². The van der Waals surface area contributed by atoms with Gasteiger partial charge < -0.3 is 10.7 Å². The van der Waals surface area contributed by atoms with E-state index in [0.29, 0.717) is 6.54 Å². The Balaban J connectivity index is 1.89. The van der Waals surface area contributed by atoms with Gasteiger partial charge in [-0.25, -0.2) is 0 Å². The van der Waals surface area contributed by atoms with Gasteiger partial charge in [-0.15, -0.1) is 0 Å². The van der Waals surface area contributed by atoms with Gasteiger partial charge in [-0.3, -0.25) is 4.90 Å². The Kier molecular flexibility index (Phi) is 3.22. The van der Waals surface area contributed by atoms with Crippen LogP contribution in [0.15, 0.2) is 12.3 Å². The highest BCUT2D eigenvalue weighted by atomic mass is 15.1. The van der Waals surface area contributed by atoms with Crippen LogP contribution in [0.4, 0.5) is 0 Å². The molecule has 0 radical (unpaired) electrons. The molecule has 2 heterocycles. The molecule has 0 spiro atoms. The van der Waals surface area contributed by atoms with Crippen molar-refractivity contribution in [3.05, 3.63) is 23.5 Å². The van der Waals surface area contributed by atoms with Crippen LogP contribution in [0.25, 0.3) is 0 Å². The summed E-state index contributed by atoms with van der Waals surface area (Å²) in [4.78, 5) is 5.71. The van der Waals surface area contributed by atoms with E-state index in [1.807, 2.05) is 0 Å². The van der Waals surface area contributed by atoms with Crippen LogP contribution in [-0.4, -0.2) is 23.0 Å². The maximum absolute atomic E-state index is 5.55. The number of nitrogens with one attached hydrogen (secondary N) is 1. The molecular weight excluding hydrogens is 174 g/mol. The SMILES string of the molecule is NCc1cc(CN2CCCCC2)c[nH]1. The molecule has 0 saturated carbocycles. The Bertz CT molecular complexity index is 274. The maximum Gasteiger partial charge on any atom is 0.0332 e. The van der Waals surface area contributed by atoms with Crippen LogP contribution in [0.2, 0.25) is 0 Å². The number of likely N-dealkylation sites (tertiary alicyclic amines) is 1. The molecule has 1 saturated heterocycles. The van der Waals surface area contributed by atoms with Crippen LogP contribution >= 0.6 is 0 Å². The smallest absolute Gasteiger partial charge is 0.0332 e. The summed E-state index contributed by atoms with van der Waals surface area (Å²) in [5.41, 5.74) is 8.06. The molecule has 0 aromatic carbocycles. The maximum atomic E-state index is 5.55. The van der Waals surface area contributed by atoms with E-state index < -0.39 is 0 Å². The zero-order valence-corrected chi connectivity index (χ0v) is 8.63. The molecule has 3 heteroatoms. The summed E-state index contributed by atoms with van der Waals surface area (Å²) in [7, 11) is 0. The molecule has 0 aliphatic carbocycles. The molecule has 1 aromatic heterocycles. The van der Waals surface area contributed by atoms with Crippen molar-refractivity contribution in [2.24, 2.45) is 5.73 Å². The van der Waals surface area contributed by atoms with E-state index in [2.05, 4.69) is 22.1 Å². The van der Waals surface area contributed by atoms with E-state index in [1.54, 1.807) is 0 Å². The van der Waals surface area contributed by atoms with Crippen molar-refractivity contribution in [3.8, 4) is 0 Å². The zero-order chi connectivity index (χ0) is 9.80. The van der Waals surface area contributed by atoms with E-state index in [-0.39, 0.29) is 0 Å². The quantitative estimate of drug-likeness (QED) is 0.763. The Morgan fingerprint density at radius 2 is 2.07 bits per heavy atom. The van der Waals surface area contributed by atoms with Crippen LogP contribution in [0, 0.1) is 0 Å². The van der Waals surface area contributed by atoms with Gasteiger partial charge in [0, 0.05) is 25.0 Å². The van der Waals surface area contributed by atoms with Gasteiger partial charge in [0.15, 0.2) is 0 Å². The number of aromatic amines is 1. The largest absolute Gasteiger partial charge is 0.364 e. The molecule has 0 bridgehead atoms. The molecule has 1 aliphatic heterocycles. The van der Waals surface area contributed by atoms with E-state index in [1.165, 1.54) is 37.9 Å². The van der Waals surface area contributed by atoms with Crippen LogP contribution in [-0.2, 0) is 13.1 Å². The summed E-state index contributed by atoms with van der Waals surface area (Å²) >= 11 is 0. The first-order valence-corrected chi connectivity index (χ1v) is 5.47. The van der Waals surface area contributed by atoms with Crippen molar-refractivity contribution >= 4 is 0 Å². The molecule has 1 aromatic rings. The average Bonchev–Trinajstić information content (AvgIpc) is 2.67. The molecule has 2 rings (SSSR count). The first kappa shape index (κ1) is 9.74. The van der Waals surface area contributed by atoms with Gasteiger partial charge in [0.2, 0.25) is 0 Å². The van der Waals surface area contributed by atoms with E-state index in [0.717, 1.165) is 12.2 Å². The molecule has 0 unspecified atom stereocenters. The monoisotopic (exact) mass is 193 g/mol. The van der Waals surface area contributed by atoms with Gasteiger partial charge in [-0.1, -0.05) is 6.42 Å². The second kappa shape index (κ2) is 4.62. The van der Waals surface area contributed by atoms with Crippen molar-refractivity contribution in [1.82, 2.24) is 9.88 Å². The average molecular weight is 193 g/mol. The first-order valence-electron chi connectivity index (χ1n) is 5.47. The molecule has 3 nitrogen and oxygen atoms in total. The summed E-state index contributed by atoms with van der Waals surface area (Å²) in [6, 6.07) is 2.18. The number of nitrogens with two attached hydrogens (primary N) is 1. The fourth-order valence-electron chi connectivity index (χ4n) is 2.08. The molecule has 0 amide bonds. The van der Waals surface area contributed by atoms with E-state index in [4.69, 9.17) is 5.73 Å². The number of nitrogens with zero attached hydrogens (tertiary/aromatic N) is 1. The first-order chi connectivity index (χ1) is 6.88. The molecule has 1 aliphatic rings. The van der Waals surface area contributed by atoms with Crippen molar-refractivity contribution in [1.29, 1.82) is 0 Å². The summed E-state index contributed by atoms with van der Waals surface area (Å²) in [5, 5.41) is 0. The highest BCUT2D eigenvalue weighted by Crippen LogP contribution is 2.13. The van der Waals surface area contributed by atoms with Crippen molar-refractivity contribution in [3.63, 3.8) is 0 Å². The lowest BCUT2D eigenvalue weighted by molar-refractivity contribution is 0.221. The topological polar surface area (TPSA) is 45.0 Å². The number of H-pyrrole nitrogens is 1. The molecular formula is C11H19N3. The Morgan fingerprint density at radius 1 is 1.29 bits per heavy atom. The molecule has 0 atom stereocenters. The number of rotatable bonds is 3. The van der Waals surface area contributed by atoms with Crippen molar-refractivity contribution < 1.29 is 0 Å². The Labute approximate surface area is 85.3 Å². The highest BCUT2D eigenvalue weighted by molar-refractivity contribution is 5.16. The van der Waals surface area contributed by atoms with E-state index >= 15 is 0 Å². The van der Waals surface area contributed by atoms with Gasteiger partial charge in [0.1, 0.15) is 0 Å². The Hall–Kier alpha value is -0.800. The van der Waals surface area contributed by atoms with Gasteiger partial charge >= 0.3 is 0 Å². The third-order valence-corrected chi connectivity index (χ3v) is 2.88. The van der Waals surface area contributed by atoms with Crippen LogP contribution < -0.4 is 5.73 Å².